The Morgan fingerprint density at radius 3 is 2.83 bits per heavy atom. The van der Waals surface area contributed by atoms with E-state index in [1.54, 1.807) is 24.3 Å². The standard InChI is InChI=1S/C17H15NO5S/c1-9-7-12(16(20)22-2)15(24-9)18-14(19)13-8-10-5-3-4-6-11(10)17(21)23-13/h3-7,13H,8H2,1-2H3,(H,18,19). The maximum atomic E-state index is 12.5. The number of rotatable bonds is 3. The monoisotopic (exact) mass is 345 g/mol. The molecule has 6 nitrogen and oxygen atoms in total. The van der Waals surface area contributed by atoms with Gasteiger partial charge in [0.2, 0.25) is 0 Å². The smallest absolute Gasteiger partial charge is 0.340 e. The van der Waals surface area contributed by atoms with Crippen molar-refractivity contribution in [3.63, 3.8) is 0 Å². The Morgan fingerprint density at radius 1 is 1.33 bits per heavy atom. The molecule has 0 saturated carbocycles. The van der Waals surface area contributed by atoms with Crippen LogP contribution in [0, 0.1) is 6.92 Å². The highest BCUT2D eigenvalue weighted by molar-refractivity contribution is 7.16. The number of carbonyl (C=O) groups excluding carboxylic acids is 3. The predicted molar refractivity (Wildman–Crippen MR) is 88.4 cm³/mol. The van der Waals surface area contributed by atoms with Crippen LogP contribution < -0.4 is 5.32 Å². The SMILES string of the molecule is COC(=O)c1cc(C)sc1NC(=O)C1Cc2ccccc2C(=O)O1. The Morgan fingerprint density at radius 2 is 2.08 bits per heavy atom. The number of hydrogen-bond donors (Lipinski definition) is 1. The summed E-state index contributed by atoms with van der Waals surface area (Å²) in [4.78, 5) is 37.1. The second-order valence-electron chi connectivity index (χ2n) is 5.34. The van der Waals surface area contributed by atoms with Gasteiger partial charge in [-0.2, -0.15) is 0 Å². The topological polar surface area (TPSA) is 81.7 Å². The van der Waals surface area contributed by atoms with E-state index in [1.165, 1.54) is 18.4 Å². The average Bonchev–Trinajstić information content (AvgIpc) is 2.94. The molecule has 0 spiro atoms. The number of amides is 1. The van der Waals surface area contributed by atoms with Gasteiger partial charge in [-0.15, -0.1) is 11.3 Å². The minimum Gasteiger partial charge on any atom is -0.465 e. The first-order valence-electron chi connectivity index (χ1n) is 7.28. The van der Waals surface area contributed by atoms with Crippen molar-refractivity contribution < 1.29 is 23.9 Å². The molecule has 0 saturated heterocycles. The van der Waals surface area contributed by atoms with Gasteiger partial charge in [-0.05, 0) is 24.6 Å². The first kappa shape index (κ1) is 16.2. The normalized spacial score (nSPS) is 16.1. The lowest BCUT2D eigenvalue weighted by Crippen LogP contribution is -2.38. The Bertz CT molecular complexity index is 826. The van der Waals surface area contributed by atoms with Gasteiger partial charge in [0.25, 0.3) is 5.91 Å². The summed E-state index contributed by atoms with van der Waals surface area (Å²) in [5, 5.41) is 3.06. The van der Waals surface area contributed by atoms with Crippen LogP contribution in [0.4, 0.5) is 5.00 Å². The van der Waals surface area contributed by atoms with Crippen LogP contribution >= 0.6 is 11.3 Å². The number of thiophene rings is 1. The lowest BCUT2D eigenvalue weighted by molar-refractivity contribution is -0.125. The quantitative estimate of drug-likeness (QED) is 0.865. The molecule has 1 aromatic heterocycles. The molecule has 0 fully saturated rings. The predicted octanol–water partition coefficient (Wildman–Crippen LogP) is 2.56. The highest BCUT2D eigenvalue weighted by atomic mass is 32.1. The van der Waals surface area contributed by atoms with E-state index in [4.69, 9.17) is 9.47 Å². The number of aryl methyl sites for hydroxylation is 1. The number of fused-ring (bicyclic) bond motifs is 1. The zero-order valence-electron chi connectivity index (χ0n) is 13.1. The number of cyclic esters (lactones) is 1. The summed E-state index contributed by atoms with van der Waals surface area (Å²) in [5.74, 6) is -1.52. The third-order valence-electron chi connectivity index (χ3n) is 3.68. The van der Waals surface area contributed by atoms with E-state index in [2.05, 4.69) is 5.32 Å². The molecule has 1 aliphatic heterocycles. The van der Waals surface area contributed by atoms with Crippen molar-refractivity contribution >= 4 is 34.2 Å². The van der Waals surface area contributed by atoms with E-state index in [0.717, 1.165) is 10.4 Å². The molecule has 1 amide bonds. The minimum absolute atomic E-state index is 0.288. The zero-order chi connectivity index (χ0) is 17.3. The van der Waals surface area contributed by atoms with Gasteiger partial charge < -0.3 is 14.8 Å². The molecule has 7 heteroatoms. The maximum absolute atomic E-state index is 12.5. The summed E-state index contributed by atoms with van der Waals surface area (Å²) >= 11 is 1.26. The van der Waals surface area contributed by atoms with E-state index >= 15 is 0 Å². The van der Waals surface area contributed by atoms with Crippen LogP contribution in [-0.2, 0) is 20.7 Å². The van der Waals surface area contributed by atoms with E-state index in [9.17, 15) is 14.4 Å². The van der Waals surface area contributed by atoms with Crippen LogP contribution in [0.15, 0.2) is 30.3 Å². The molecule has 0 radical (unpaired) electrons. The molecular formula is C17H15NO5S. The van der Waals surface area contributed by atoms with Crippen LogP contribution in [0.1, 0.15) is 31.2 Å². The van der Waals surface area contributed by atoms with Crippen LogP contribution in [0.5, 0.6) is 0 Å². The number of methoxy groups -OCH3 is 1. The third kappa shape index (κ3) is 3.03. The Kier molecular flexibility index (Phi) is 4.35. The van der Waals surface area contributed by atoms with Gasteiger partial charge in [-0.3, -0.25) is 4.79 Å². The van der Waals surface area contributed by atoms with Crippen molar-refractivity contribution in [1.82, 2.24) is 0 Å². The molecule has 124 valence electrons. The Hall–Kier alpha value is -2.67. The van der Waals surface area contributed by atoms with Crippen molar-refractivity contribution in [2.45, 2.75) is 19.4 Å². The highest BCUT2D eigenvalue weighted by Gasteiger charge is 2.32. The van der Waals surface area contributed by atoms with Gasteiger partial charge in [0.1, 0.15) is 5.00 Å². The lowest BCUT2D eigenvalue weighted by atomic mass is 9.98. The van der Waals surface area contributed by atoms with Gasteiger partial charge >= 0.3 is 11.9 Å². The van der Waals surface area contributed by atoms with Crippen LogP contribution in [0.25, 0.3) is 0 Å². The molecule has 1 aliphatic rings. The first-order chi connectivity index (χ1) is 11.5. The minimum atomic E-state index is -0.930. The molecule has 24 heavy (non-hydrogen) atoms. The number of esters is 2. The zero-order valence-corrected chi connectivity index (χ0v) is 13.9. The van der Waals surface area contributed by atoms with Crippen molar-refractivity contribution in [3.8, 4) is 0 Å². The van der Waals surface area contributed by atoms with Crippen LogP contribution in [0.2, 0.25) is 0 Å². The van der Waals surface area contributed by atoms with Crippen molar-refractivity contribution in [2.75, 3.05) is 12.4 Å². The maximum Gasteiger partial charge on any atom is 0.340 e. The number of benzene rings is 1. The van der Waals surface area contributed by atoms with Gasteiger partial charge in [0.15, 0.2) is 6.10 Å². The molecule has 1 aromatic carbocycles. The summed E-state index contributed by atoms with van der Waals surface area (Å²) in [6.07, 6.45) is -0.633. The van der Waals surface area contributed by atoms with Gasteiger partial charge in [-0.1, -0.05) is 18.2 Å². The van der Waals surface area contributed by atoms with Gasteiger partial charge in [-0.25, -0.2) is 9.59 Å². The largest absolute Gasteiger partial charge is 0.465 e. The summed E-state index contributed by atoms with van der Waals surface area (Å²) < 4.78 is 9.93. The average molecular weight is 345 g/mol. The third-order valence-corrected chi connectivity index (χ3v) is 4.65. The first-order valence-corrected chi connectivity index (χ1v) is 8.09. The molecule has 1 atom stereocenters. The fraction of sp³-hybridized carbons (Fsp3) is 0.235. The van der Waals surface area contributed by atoms with Gasteiger partial charge in [0.05, 0.1) is 18.2 Å². The van der Waals surface area contributed by atoms with Crippen molar-refractivity contribution in [3.05, 3.63) is 51.9 Å². The molecule has 2 aromatic rings. The van der Waals surface area contributed by atoms with E-state index in [1.807, 2.05) is 13.0 Å². The number of carbonyl (C=O) groups is 3. The summed E-state index contributed by atoms with van der Waals surface area (Å²) in [6, 6.07) is 8.67. The summed E-state index contributed by atoms with van der Waals surface area (Å²) in [5.41, 5.74) is 1.53. The summed E-state index contributed by atoms with van der Waals surface area (Å²) in [7, 11) is 1.28. The van der Waals surface area contributed by atoms with Gasteiger partial charge in [0, 0.05) is 11.3 Å². The molecule has 2 heterocycles. The number of ether oxygens (including phenoxy) is 2. The molecule has 0 aliphatic carbocycles. The number of nitrogens with one attached hydrogen (secondary N) is 1. The van der Waals surface area contributed by atoms with Crippen molar-refractivity contribution in [1.29, 1.82) is 0 Å². The van der Waals surface area contributed by atoms with Crippen molar-refractivity contribution in [2.24, 2.45) is 0 Å². The van der Waals surface area contributed by atoms with Crippen LogP contribution in [-0.4, -0.2) is 31.1 Å². The molecule has 1 N–H and O–H groups in total. The fourth-order valence-corrected chi connectivity index (χ4v) is 3.44. The number of hydrogen-bond acceptors (Lipinski definition) is 6. The molecule has 0 bridgehead atoms. The number of anilines is 1. The Balaban J connectivity index is 1.80. The molecule has 3 rings (SSSR count). The summed E-state index contributed by atoms with van der Waals surface area (Å²) in [6.45, 7) is 1.82. The van der Waals surface area contributed by atoms with E-state index < -0.39 is 23.9 Å². The second-order valence-corrected chi connectivity index (χ2v) is 6.59. The van der Waals surface area contributed by atoms with E-state index in [0.29, 0.717) is 17.0 Å². The fourth-order valence-electron chi connectivity index (χ4n) is 2.54. The second kappa shape index (κ2) is 6.45. The Labute approximate surface area is 142 Å². The highest BCUT2D eigenvalue weighted by Crippen LogP contribution is 2.29. The van der Waals surface area contributed by atoms with E-state index in [-0.39, 0.29) is 5.56 Å². The lowest BCUT2D eigenvalue weighted by Gasteiger charge is -2.23. The molecule has 1 unspecified atom stereocenters. The van der Waals surface area contributed by atoms with Crippen LogP contribution in [0.3, 0.4) is 0 Å². The molecular weight excluding hydrogens is 330 g/mol.